The lowest BCUT2D eigenvalue weighted by Crippen LogP contribution is -2.61. The summed E-state index contributed by atoms with van der Waals surface area (Å²) in [6.45, 7) is 15.4. The van der Waals surface area contributed by atoms with Crippen LogP contribution in [-0.2, 0) is 9.53 Å². The van der Waals surface area contributed by atoms with E-state index in [4.69, 9.17) is 4.74 Å². The number of fused-ring (bicyclic) bond motifs is 1. The van der Waals surface area contributed by atoms with Gasteiger partial charge in [-0.15, -0.1) is 11.8 Å². The Balaban J connectivity index is 1.66. The highest BCUT2D eigenvalue weighted by Gasteiger charge is 2.42. The number of rotatable bonds is 10. The van der Waals surface area contributed by atoms with Gasteiger partial charge in [0.05, 0.1) is 23.8 Å². The second-order valence-electron chi connectivity index (χ2n) is 14.7. The highest BCUT2D eigenvalue weighted by Crippen LogP contribution is 2.39. The third-order valence-corrected chi connectivity index (χ3v) is 9.84. The number of phenols is 1. The highest BCUT2D eigenvalue weighted by atomic mass is 32.2. The van der Waals surface area contributed by atoms with Gasteiger partial charge in [0.2, 0.25) is 5.91 Å². The second kappa shape index (κ2) is 14.7. The molecule has 4 rings (SSSR count). The second-order valence-corrected chi connectivity index (χ2v) is 15.8. The van der Waals surface area contributed by atoms with Gasteiger partial charge >= 0.3 is 0 Å². The fraction of sp³-hybridized carbons (Fsp3) is 0.611. The molecule has 3 N–H and O–H groups in total. The molecule has 242 valence electrons. The van der Waals surface area contributed by atoms with E-state index >= 15 is 0 Å². The number of phenolic OH excluding ortho intramolecular Hbond substituents is 1. The number of hydrogen-bond donors (Lipinski definition) is 3. The molecule has 44 heavy (non-hydrogen) atoms. The first-order valence-corrected chi connectivity index (χ1v) is 17.2. The lowest BCUT2D eigenvalue weighted by Gasteiger charge is -2.48. The van der Waals surface area contributed by atoms with E-state index in [-0.39, 0.29) is 41.3 Å². The van der Waals surface area contributed by atoms with Crippen molar-refractivity contribution >= 4 is 23.6 Å². The zero-order valence-electron chi connectivity index (χ0n) is 27.7. The molecular formula is C36H53N3O4S. The molecule has 8 heteroatoms. The van der Waals surface area contributed by atoms with Gasteiger partial charge in [-0.05, 0) is 97.4 Å². The van der Waals surface area contributed by atoms with Gasteiger partial charge in [0.15, 0.2) is 0 Å². The summed E-state index contributed by atoms with van der Waals surface area (Å²) in [7, 11) is 0. The lowest BCUT2D eigenvalue weighted by molar-refractivity contribution is -0.135. The summed E-state index contributed by atoms with van der Waals surface area (Å²) in [5.41, 5.74) is 0.194. The zero-order valence-corrected chi connectivity index (χ0v) is 28.5. The van der Waals surface area contributed by atoms with E-state index in [2.05, 4.69) is 27.7 Å². The monoisotopic (exact) mass is 623 g/mol. The van der Waals surface area contributed by atoms with Crippen molar-refractivity contribution in [1.29, 1.82) is 0 Å². The molecule has 0 unspecified atom stereocenters. The molecule has 2 aliphatic rings. The minimum absolute atomic E-state index is 0.0747. The van der Waals surface area contributed by atoms with Crippen molar-refractivity contribution in [3.8, 4) is 5.75 Å². The summed E-state index contributed by atoms with van der Waals surface area (Å²) in [5, 5.41) is 16.9. The van der Waals surface area contributed by atoms with Crippen LogP contribution in [0.1, 0.15) is 89.6 Å². The van der Waals surface area contributed by atoms with Crippen molar-refractivity contribution in [3.63, 3.8) is 0 Å². The number of aromatic hydroxyl groups is 1. The molecule has 5 atom stereocenters. The van der Waals surface area contributed by atoms with Gasteiger partial charge < -0.3 is 20.5 Å². The fourth-order valence-corrected chi connectivity index (χ4v) is 7.64. The quantitative estimate of drug-likeness (QED) is 0.260. The Kier molecular flexibility index (Phi) is 11.5. The van der Waals surface area contributed by atoms with E-state index in [9.17, 15) is 14.7 Å². The van der Waals surface area contributed by atoms with Crippen LogP contribution in [-0.4, -0.2) is 70.0 Å². The van der Waals surface area contributed by atoms with Crippen LogP contribution < -0.4 is 10.6 Å². The summed E-state index contributed by atoms with van der Waals surface area (Å²) >= 11 is 1.68. The number of carbonyl (C=O) groups excluding carboxylic acids is 2. The van der Waals surface area contributed by atoms with Gasteiger partial charge in [0, 0.05) is 40.4 Å². The largest absolute Gasteiger partial charge is 0.508 e. The standard InChI is InChI=1S/C36H53N3O4S/c1-24-28(18-13-19-31(24)40)33(41)37-29(23-44-27-16-9-8-10-17-27)32(43-36(5,6)7)22-39-21-26-15-12-11-14-25(26)20-30(39)34(42)38-35(2,3)4/h8-10,13,16-19,25-26,29-30,32,40H,11-12,14-15,20-23H2,1-7H3,(H,37,41)(H,38,42)/t25-,26+,29-,30-,32+/m0/s1. The van der Waals surface area contributed by atoms with Gasteiger partial charge in [-0.2, -0.15) is 0 Å². The molecule has 1 saturated heterocycles. The number of piperidine rings is 1. The molecule has 1 heterocycles. The molecule has 2 amide bonds. The van der Waals surface area contributed by atoms with Crippen LogP contribution in [0, 0.1) is 18.8 Å². The van der Waals surface area contributed by atoms with Crippen molar-refractivity contribution in [2.45, 2.75) is 115 Å². The molecular weight excluding hydrogens is 570 g/mol. The smallest absolute Gasteiger partial charge is 0.252 e. The van der Waals surface area contributed by atoms with Crippen LogP contribution in [0.2, 0.25) is 0 Å². The van der Waals surface area contributed by atoms with Crippen molar-refractivity contribution in [3.05, 3.63) is 59.7 Å². The Labute approximate surface area is 268 Å². The SMILES string of the molecule is Cc1c(O)cccc1C(=O)N[C@@H](CSc1ccccc1)[C@@H](CN1C[C@H]2CCCC[C@H]2C[C@H]1C(=O)NC(C)(C)C)OC(C)(C)C. The van der Waals surface area contributed by atoms with E-state index in [0.29, 0.717) is 35.3 Å². The molecule has 1 saturated carbocycles. The van der Waals surface area contributed by atoms with Crippen LogP contribution in [0.4, 0.5) is 0 Å². The predicted octanol–water partition coefficient (Wildman–Crippen LogP) is 6.57. The van der Waals surface area contributed by atoms with Gasteiger partial charge in [-0.25, -0.2) is 0 Å². The third kappa shape index (κ3) is 9.72. The number of thioether (sulfide) groups is 1. The number of amides is 2. The van der Waals surface area contributed by atoms with Gasteiger partial charge in [-0.1, -0.05) is 43.5 Å². The normalized spacial score (nSPS) is 22.5. The molecule has 1 aliphatic heterocycles. The van der Waals surface area contributed by atoms with Gasteiger partial charge in [0.25, 0.3) is 5.91 Å². The third-order valence-electron chi connectivity index (χ3n) is 8.71. The number of benzene rings is 2. The maximum Gasteiger partial charge on any atom is 0.252 e. The van der Waals surface area contributed by atoms with E-state index < -0.39 is 5.60 Å². The van der Waals surface area contributed by atoms with E-state index in [0.717, 1.165) is 17.9 Å². The van der Waals surface area contributed by atoms with Crippen molar-refractivity contribution in [2.24, 2.45) is 11.8 Å². The summed E-state index contributed by atoms with van der Waals surface area (Å²) in [6.07, 6.45) is 5.34. The van der Waals surface area contributed by atoms with E-state index in [1.807, 2.05) is 59.7 Å². The predicted molar refractivity (Wildman–Crippen MR) is 179 cm³/mol. The summed E-state index contributed by atoms with van der Waals surface area (Å²) in [6, 6.07) is 14.6. The van der Waals surface area contributed by atoms with Crippen molar-refractivity contribution in [1.82, 2.24) is 15.5 Å². The first-order valence-electron chi connectivity index (χ1n) is 16.2. The Morgan fingerprint density at radius 3 is 2.34 bits per heavy atom. The molecule has 0 aromatic heterocycles. The summed E-state index contributed by atoms with van der Waals surface area (Å²) < 4.78 is 6.80. The zero-order chi connectivity index (χ0) is 32.1. The first-order chi connectivity index (χ1) is 20.7. The molecule has 0 bridgehead atoms. The number of ether oxygens (including phenoxy) is 1. The molecule has 2 fully saturated rings. The van der Waals surface area contributed by atoms with Crippen molar-refractivity contribution < 1.29 is 19.4 Å². The summed E-state index contributed by atoms with van der Waals surface area (Å²) in [5.74, 6) is 1.65. The van der Waals surface area contributed by atoms with Crippen LogP contribution >= 0.6 is 11.8 Å². The number of nitrogens with zero attached hydrogens (tertiary/aromatic N) is 1. The maximum absolute atomic E-state index is 13.8. The Morgan fingerprint density at radius 2 is 1.68 bits per heavy atom. The average Bonchev–Trinajstić information content (AvgIpc) is 2.94. The van der Waals surface area contributed by atoms with Crippen LogP contribution in [0.15, 0.2) is 53.4 Å². The summed E-state index contributed by atoms with van der Waals surface area (Å²) in [4.78, 5) is 31.0. The van der Waals surface area contributed by atoms with Crippen LogP contribution in [0.5, 0.6) is 5.75 Å². The van der Waals surface area contributed by atoms with Crippen LogP contribution in [0.25, 0.3) is 0 Å². The number of likely N-dealkylation sites (tertiary alicyclic amines) is 1. The molecule has 2 aromatic rings. The molecule has 0 spiro atoms. The molecule has 1 aliphatic carbocycles. The number of nitrogens with one attached hydrogen (secondary N) is 2. The maximum atomic E-state index is 13.8. The van der Waals surface area contributed by atoms with Crippen LogP contribution in [0.3, 0.4) is 0 Å². The van der Waals surface area contributed by atoms with Gasteiger partial charge in [0.1, 0.15) is 5.75 Å². The van der Waals surface area contributed by atoms with Gasteiger partial charge in [-0.3, -0.25) is 14.5 Å². The topological polar surface area (TPSA) is 90.9 Å². The minimum Gasteiger partial charge on any atom is -0.508 e. The lowest BCUT2D eigenvalue weighted by atomic mass is 9.72. The first kappa shape index (κ1) is 34.3. The van der Waals surface area contributed by atoms with E-state index in [1.165, 1.54) is 25.7 Å². The molecule has 2 aromatic carbocycles. The average molecular weight is 624 g/mol. The van der Waals surface area contributed by atoms with Crippen molar-refractivity contribution in [2.75, 3.05) is 18.8 Å². The molecule has 0 radical (unpaired) electrons. The Morgan fingerprint density at radius 1 is 1.00 bits per heavy atom. The van der Waals surface area contributed by atoms with E-state index in [1.54, 1.807) is 36.9 Å². The number of hydrogen-bond acceptors (Lipinski definition) is 6. The fourth-order valence-electron chi connectivity index (χ4n) is 6.62. The number of carbonyl (C=O) groups is 2. The Bertz CT molecular complexity index is 1260. The minimum atomic E-state index is -0.474. The Hall–Kier alpha value is -2.55. The molecule has 7 nitrogen and oxygen atoms in total. The highest BCUT2D eigenvalue weighted by molar-refractivity contribution is 7.99.